The molecule has 0 fully saturated rings. The number of aromatic nitrogens is 2. The van der Waals surface area contributed by atoms with Crippen LogP contribution in [-0.2, 0) is 4.74 Å². The van der Waals surface area contributed by atoms with Gasteiger partial charge < -0.3 is 14.0 Å². The molecule has 0 aliphatic carbocycles. The zero-order chi connectivity index (χ0) is 15.4. The molecule has 0 bridgehead atoms. The molecule has 0 aliphatic rings. The van der Waals surface area contributed by atoms with Crippen LogP contribution in [0, 0.1) is 10.1 Å². The van der Waals surface area contributed by atoms with Crippen LogP contribution in [0.3, 0.4) is 0 Å². The Morgan fingerprint density at radius 2 is 2.24 bits per heavy atom. The molecule has 2 aromatic rings. The van der Waals surface area contributed by atoms with Gasteiger partial charge in [0, 0.05) is 12.3 Å². The summed E-state index contributed by atoms with van der Waals surface area (Å²) >= 11 is 0. The molecule has 21 heavy (non-hydrogen) atoms. The molecule has 0 atom stereocenters. The van der Waals surface area contributed by atoms with Crippen LogP contribution in [-0.4, -0.2) is 34.2 Å². The van der Waals surface area contributed by atoms with Gasteiger partial charge in [-0.25, -0.2) is 9.78 Å². The number of methoxy groups -OCH3 is 1. The fraction of sp³-hybridized carbons (Fsp3) is 0.231. The number of non-ortho nitro benzene ring substituents is 1. The second-order valence-corrected chi connectivity index (χ2v) is 4.00. The molecular weight excluding hydrogens is 278 g/mol. The summed E-state index contributed by atoms with van der Waals surface area (Å²) in [6.45, 7) is 1.96. The number of ether oxygens (including phenoxy) is 2. The van der Waals surface area contributed by atoms with Gasteiger partial charge in [0.25, 0.3) is 5.69 Å². The topological polar surface area (TPSA) is 96.5 Å². The number of hydrogen-bond donors (Lipinski definition) is 0. The van der Waals surface area contributed by atoms with Crippen LogP contribution < -0.4 is 4.74 Å². The quantitative estimate of drug-likeness (QED) is 0.474. The van der Waals surface area contributed by atoms with Gasteiger partial charge in [0.05, 0.1) is 30.4 Å². The smallest absolute Gasteiger partial charge is 0.358 e. The van der Waals surface area contributed by atoms with Crippen LogP contribution in [0.1, 0.15) is 17.4 Å². The maximum atomic E-state index is 11.6. The summed E-state index contributed by atoms with van der Waals surface area (Å²) in [5, 5.41) is 10.8. The molecule has 0 saturated carbocycles. The Bertz CT molecular complexity index is 680. The van der Waals surface area contributed by atoms with Gasteiger partial charge in [0.1, 0.15) is 12.1 Å². The van der Waals surface area contributed by atoms with E-state index in [1.54, 1.807) is 6.92 Å². The van der Waals surface area contributed by atoms with Gasteiger partial charge in [-0.05, 0) is 13.0 Å². The molecule has 0 amide bonds. The third kappa shape index (κ3) is 2.99. The summed E-state index contributed by atoms with van der Waals surface area (Å²) in [7, 11) is 1.41. The minimum absolute atomic E-state index is 0.0821. The fourth-order valence-electron chi connectivity index (χ4n) is 1.76. The molecule has 0 saturated heterocycles. The van der Waals surface area contributed by atoms with Crippen molar-refractivity contribution in [3.8, 4) is 11.4 Å². The van der Waals surface area contributed by atoms with E-state index in [0.29, 0.717) is 11.4 Å². The number of nitro groups is 1. The Morgan fingerprint density at radius 3 is 2.86 bits per heavy atom. The molecule has 1 aromatic carbocycles. The van der Waals surface area contributed by atoms with Crippen molar-refractivity contribution in [2.24, 2.45) is 0 Å². The first kappa shape index (κ1) is 14.5. The monoisotopic (exact) mass is 291 g/mol. The van der Waals surface area contributed by atoms with Gasteiger partial charge in [0.2, 0.25) is 0 Å². The second-order valence-electron chi connectivity index (χ2n) is 4.00. The third-order valence-electron chi connectivity index (χ3n) is 2.72. The predicted octanol–water partition coefficient (Wildman–Crippen LogP) is 1.97. The Balaban J connectivity index is 2.38. The first-order valence-corrected chi connectivity index (χ1v) is 6.10. The molecule has 8 nitrogen and oxygen atoms in total. The fourth-order valence-corrected chi connectivity index (χ4v) is 1.76. The summed E-state index contributed by atoms with van der Waals surface area (Å²) in [5.41, 5.74) is 0.602. The Morgan fingerprint density at radius 1 is 1.48 bits per heavy atom. The Kier molecular flexibility index (Phi) is 4.17. The summed E-state index contributed by atoms with van der Waals surface area (Å²) in [6.07, 6.45) is 2.89. The van der Waals surface area contributed by atoms with Crippen molar-refractivity contribution >= 4 is 11.7 Å². The minimum Gasteiger partial charge on any atom is -0.494 e. The van der Waals surface area contributed by atoms with Gasteiger partial charge in [0.15, 0.2) is 5.69 Å². The lowest BCUT2D eigenvalue weighted by molar-refractivity contribution is -0.384. The first-order valence-electron chi connectivity index (χ1n) is 6.10. The second kappa shape index (κ2) is 6.04. The molecule has 110 valence electrons. The molecule has 1 heterocycles. The van der Waals surface area contributed by atoms with Crippen LogP contribution in [0.15, 0.2) is 30.7 Å². The zero-order valence-corrected chi connectivity index (χ0v) is 11.5. The highest BCUT2D eigenvalue weighted by molar-refractivity contribution is 5.87. The van der Waals surface area contributed by atoms with E-state index in [2.05, 4.69) is 4.98 Å². The summed E-state index contributed by atoms with van der Waals surface area (Å²) < 4.78 is 11.5. The van der Waals surface area contributed by atoms with Crippen LogP contribution in [0.5, 0.6) is 5.75 Å². The number of benzene rings is 1. The van der Waals surface area contributed by atoms with E-state index in [9.17, 15) is 14.9 Å². The van der Waals surface area contributed by atoms with E-state index >= 15 is 0 Å². The van der Waals surface area contributed by atoms with Crippen molar-refractivity contribution < 1.29 is 19.2 Å². The van der Waals surface area contributed by atoms with Gasteiger partial charge in [-0.1, -0.05) is 0 Å². The van der Waals surface area contributed by atoms with E-state index in [1.165, 1.54) is 42.4 Å². The number of carbonyl (C=O) groups excluding carboxylic acids is 1. The van der Waals surface area contributed by atoms with Crippen molar-refractivity contribution in [3.05, 3.63) is 46.5 Å². The van der Waals surface area contributed by atoms with E-state index in [0.717, 1.165) is 0 Å². The number of rotatable bonds is 5. The summed E-state index contributed by atoms with van der Waals surface area (Å²) in [5.74, 6) is -0.228. The standard InChI is InChI=1S/C13H13N3O5/c1-3-21-13(17)10-7-15(8-14-10)11-5-4-9(16(18)19)6-12(11)20-2/h4-8H,3H2,1-2H3. The van der Waals surface area contributed by atoms with Crippen LogP contribution in [0.25, 0.3) is 5.69 Å². The third-order valence-corrected chi connectivity index (χ3v) is 2.72. The lowest BCUT2D eigenvalue weighted by atomic mass is 10.2. The van der Waals surface area contributed by atoms with Gasteiger partial charge in [-0.3, -0.25) is 10.1 Å². The maximum absolute atomic E-state index is 11.6. The molecule has 0 aliphatic heterocycles. The van der Waals surface area contributed by atoms with Crippen molar-refractivity contribution in [2.75, 3.05) is 13.7 Å². The molecule has 1 aromatic heterocycles. The van der Waals surface area contributed by atoms with Gasteiger partial charge >= 0.3 is 5.97 Å². The average Bonchev–Trinajstić information content (AvgIpc) is 2.96. The maximum Gasteiger partial charge on any atom is 0.358 e. The predicted molar refractivity (Wildman–Crippen MR) is 72.7 cm³/mol. The molecule has 0 N–H and O–H groups in total. The van der Waals surface area contributed by atoms with E-state index in [4.69, 9.17) is 9.47 Å². The van der Waals surface area contributed by atoms with E-state index in [1.807, 2.05) is 0 Å². The van der Waals surface area contributed by atoms with Crippen molar-refractivity contribution in [3.63, 3.8) is 0 Å². The molecule has 8 heteroatoms. The summed E-state index contributed by atoms with van der Waals surface area (Å²) in [4.78, 5) is 25.8. The van der Waals surface area contributed by atoms with Crippen molar-refractivity contribution in [1.82, 2.24) is 9.55 Å². The van der Waals surface area contributed by atoms with Gasteiger partial charge in [-0.2, -0.15) is 0 Å². The molecule has 0 radical (unpaired) electrons. The number of hydrogen-bond acceptors (Lipinski definition) is 6. The SMILES string of the molecule is CCOC(=O)c1cn(-c2ccc([N+](=O)[O-])cc2OC)cn1. The lowest BCUT2D eigenvalue weighted by Gasteiger charge is -2.08. The normalized spacial score (nSPS) is 10.2. The zero-order valence-electron chi connectivity index (χ0n) is 11.5. The van der Waals surface area contributed by atoms with Gasteiger partial charge in [-0.15, -0.1) is 0 Å². The largest absolute Gasteiger partial charge is 0.494 e. The lowest BCUT2D eigenvalue weighted by Crippen LogP contribution is -2.04. The van der Waals surface area contributed by atoms with Crippen LogP contribution >= 0.6 is 0 Å². The first-order chi connectivity index (χ1) is 10.1. The van der Waals surface area contributed by atoms with E-state index in [-0.39, 0.29) is 18.0 Å². The highest BCUT2D eigenvalue weighted by Crippen LogP contribution is 2.27. The molecular formula is C13H13N3O5. The van der Waals surface area contributed by atoms with Crippen molar-refractivity contribution in [2.45, 2.75) is 6.92 Å². The van der Waals surface area contributed by atoms with Crippen molar-refractivity contribution in [1.29, 1.82) is 0 Å². The minimum atomic E-state index is -0.530. The summed E-state index contributed by atoms with van der Waals surface area (Å²) in [6, 6.07) is 4.18. The highest BCUT2D eigenvalue weighted by atomic mass is 16.6. The van der Waals surface area contributed by atoms with E-state index < -0.39 is 10.9 Å². The number of carbonyl (C=O) groups is 1. The number of nitro benzene ring substituents is 1. The van der Waals surface area contributed by atoms with Crippen LogP contribution in [0.2, 0.25) is 0 Å². The Hall–Kier alpha value is -2.90. The Labute approximate surface area is 120 Å². The molecule has 2 rings (SSSR count). The highest BCUT2D eigenvalue weighted by Gasteiger charge is 2.15. The number of nitrogens with zero attached hydrogens (tertiary/aromatic N) is 3. The number of esters is 1. The number of imidazole rings is 1. The molecule has 0 unspecified atom stereocenters. The molecule has 0 spiro atoms. The average molecular weight is 291 g/mol. The van der Waals surface area contributed by atoms with Crippen LogP contribution in [0.4, 0.5) is 5.69 Å².